The van der Waals surface area contributed by atoms with Crippen LogP contribution in [0.3, 0.4) is 0 Å². The molecule has 1 N–H and O–H groups in total. The molecule has 0 spiro atoms. The second-order valence-electron chi connectivity index (χ2n) is 4.26. The fourth-order valence-corrected chi connectivity index (χ4v) is 2.26. The molecule has 1 aromatic carbocycles. The van der Waals surface area contributed by atoms with Crippen LogP contribution in [-0.2, 0) is 12.3 Å². The van der Waals surface area contributed by atoms with Gasteiger partial charge >= 0.3 is 0 Å². The van der Waals surface area contributed by atoms with E-state index in [1.165, 1.54) is 18.2 Å². The fourth-order valence-electron chi connectivity index (χ4n) is 1.82. The van der Waals surface area contributed by atoms with E-state index in [2.05, 4.69) is 5.32 Å². The Kier molecular flexibility index (Phi) is 4.85. The highest BCUT2D eigenvalue weighted by Gasteiger charge is 2.14. The van der Waals surface area contributed by atoms with Crippen molar-refractivity contribution in [2.24, 2.45) is 0 Å². The van der Waals surface area contributed by atoms with E-state index in [1.807, 2.05) is 24.5 Å². The first kappa shape index (κ1) is 14.9. The van der Waals surface area contributed by atoms with Gasteiger partial charge in [0.2, 0.25) is 0 Å². The third-order valence-electron chi connectivity index (χ3n) is 2.78. The summed E-state index contributed by atoms with van der Waals surface area (Å²) >= 11 is 1.66. The van der Waals surface area contributed by atoms with Gasteiger partial charge in [-0.3, -0.25) is 10.1 Å². The lowest BCUT2D eigenvalue weighted by atomic mass is 10.2. The summed E-state index contributed by atoms with van der Waals surface area (Å²) in [4.78, 5) is 10.5. The number of nitro benzene ring substituents is 1. The van der Waals surface area contributed by atoms with Crippen LogP contribution in [-0.4, -0.2) is 11.2 Å². The minimum absolute atomic E-state index is 0.120. The zero-order valence-corrected chi connectivity index (χ0v) is 12.1. The van der Waals surface area contributed by atoms with E-state index < -0.39 is 4.92 Å². The molecule has 0 aliphatic heterocycles. The van der Waals surface area contributed by atoms with Crippen LogP contribution < -0.4 is 5.32 Å². The van der Waals surface area contributed by atoms with Gasteiger partial charge in [0.25, 0.3) is 5.69 Å². The molecule has 0 atom stereocenters. The Balaban J connectivity index is 2.12. The van der Waals surface area contributed by atoms with Crippen molar-refractivity contribution in [1.82, 2.24) is 0 Å². The van der Waals surface area contributed by atoms with Gasteiger partial charge in [0.05, 0.1) is 28.9 Å². The van der Waals surface area contributed by atoms with E-state index in [1.54, 1.807) is 11.8 Å². The maximum absolute atomic E-state index is 11.0. The van der Waals surface area contributed by atoms with Crippen LogP contribution in [0.25, 0.3) is 0 Å². The van der Waals surface area contributed by atoms with Crippen LogP contribution in [0.2, 0.25) is 0 Å². The van der Waals surface area contributed by atoms with E-state index in [0.717, 1.165) is 11.5 Å². The van der Waals surface area contributed by atoms with Crippen molar-refractivity contribution < 1.29 is 9.34 Å². The highest BCUT2D eigenvalue weighted by atomic mass is 32.2. The van der Waals surface area contributed by atoms with Crippen molar-refractivity contribution in [2.75, 3.05) is 11.6 Å². The van der Waals surface area contributed by atoms with Gasteiger partial charge in [-0.25, -0.2) is 0 Å². The van der Waals surface area contributed by atoms with Crippen molar-refractivity contribution in [3.8, 4) is 6.07 Å². The van der Waals surface area contributed by atoms with Gasteiger partial charge in [-0.05, 0) is 30.5 Å². The zero-order valence-electron chi connectivity index (χ0n) is 11.3. The Morgan fingerprint density at radius 3 is 2.81 bits per heavy atom. The summed E-state index contributed by atoms with van der Waals surface area (Å²) < 4.78 is 5.59. The molecule has 21 heavy (non-hydrogen) atoms. The summed E-state index contributed by atoms with van der Waals surface area (Å²) in [6.07, 6.45) is 1.99. The second kappa shape index (κ2) is 6.81. The molecule has 2 rings (SSSR count). The highest BCUT2D eigenvalue weighted by Crippen LogP contribution is 2.26. The molecular weight excluding hydrogens is 290 g/mol. The Labute approximate surface area is 125 Å². The number of hydrogen-bond acceptors (Lipinski definition) is 6. The van der Waals surface area contributed by atoms with Crippen LogP contribution in [0, 0.1) is 21.4 Å². The van der Waals surface area contributed by atoms with E-state index in [4.69, 9.17) is 9.68 Å². The van der Waals surface area contributed by atoms with Crippen molar-refractivity contribution in [3.63, 3.8) is 0 Å². The van der Waals surface area contributed by atoms with Gasteiger partial charge in [0.1, 0.15) is 17.2 Å². The zero-order chi connectivity index (χ0) is 15.2. The van der Waals surface area contributed by atoms with Crippen molar-refractivity contribution in [2.45, 2.75) is 12.3 Å². The molecule has 0 radical (unpaired) electrons. The van der Waals surface area contributed by atoms with Crippen molar-refractivity contribution in [3.05, 3.63) is 57.5 Å². The van der Waals surface area contributed by atoms with Crippen molar-refractivity contribution >= 4 is 23.1 Å². The van der Waals surface area contributed by atoms with Gasteiger partial charge in [-0.2, -0.15) is 17.0 Å². The van der Waals surface area contributed by atoms with Crippen LogP contribution in [0.15, 0.2) is 34.7 Å². The second-order valence-corrected chi connectivity index (χ2v) is 5.12. The minimum Gasteiger partial charge on any atom is -0.463 e. The molecule has 0 unspecified atom stereocenters. The summed E-state index contributed by atoms with van der Waals surface area (Å²) in [5.74, 6) is 2.36. The SMILES string of the molecule is CSCc1ccc(CNc2ccc(C#N)cc2[N+](=O)[O-])o1. The summed E-state index contributed by atoms with van der Waals surface area (Å²) in [7, 11) is 0. The molecule has 0 aliphatic rings. The van der Waals surface area contributed by atoms with Gasteiger partial charge in [-0.15, -0.1) is 0 Å². The Morgan fingerprint density at radius 2 is 2.14 bits per heavy atom. The molecule has 0 amide bonds. The first-order valence-electron chi connectivity index (χ1n) is 6.13. The lowest BCUT2D eigenvalue weighted by Crippen LogP contribution is -2.02. The molecule has 0 saturated carbocycles. The molecule has 0 bridgehead atoms. The third-order valence-corrected chi connectivity index (χ3v) is 3.35. The Bertz CT molecular complexity index is 691. The maximum atomic E-state index is 11.0. The monoisotopic (exact) mass is 303 g/mol. The first-order chi connectivity index (χ1) is 10.1. The number of hydrogen-bond donors (Lipinski definition) is 1. The molecule has 108 valence electrons. The molecule has 1 heterocycles. The smallest absolute Gasteiger partial charge is 0.293 e. The standard InChI is InChI=1S/C14H13N3O3S/c1-21-9-12-4-3-11(20-12)8-16-13-5-2-10(7-15)6-14(13)17(18)19/h2-6,16H,8-9H2,1H3. The third kappa shape index (κ3) is 3.77. The molecule has 0 aliphatic carbocycles. The van der Waals surface area contributed by atoms with E-state index in [9.17, 15) is 10.1 Å². The van der Waals surface area contributed by atoms with E-state index in [-0.39, 0.29) is 11.3 Å². The average Bonchev–Trinajstić information content (AvgIpc) is 2.93. The molecule has 0 saturated heterocycles. The number of benzene rings is 1. The summed E-state index contributed by atoms with van der Waals surface area (Å²) in [6, 6.07) is 9.94. The topological polar surface area (TPSA) is 92.1 Å². The number of nitriles is 1. The number of rotatable bonds is 6. The van der Waals surface area contributed by atoms with Crippen LogP contribution in [0.4, 0.5) is 11.4 Å². The van der Waals surface area contributed by atoms with Gasteiger partial charge in [-0.1, -0.05) is 0 Å². The van der Waals surface area contributed by atoms with Crippen LogP contribution in [0.1, 0.15) is 17.1 Å². The highest BCUT2D eigenvalue weighted by molar-refractivity contribution is 7.97. The largest absolute Gasteiger partial charge is 0.463 e. The van der Waals surface area contributed by atoms with E-state index >= 15 is 0 Å². The van der Waals surface area contributed by atoms with Gasteiger partial charge < -0.3 is 9.73 Å². The normalized spacial score (nSPS) is 10.1. The first-order valence-corrected chi connectivity index (χ1v) is 7.52. The lowest BCUT2D eigenvalue weighted by molar-refractivity contribution is -0.384. The molecule has 7 heteroatoms. The maximum Gasteiger partial charge on any atom is 0.293 e. The fraction of sp³-hybridized carbons (Fsp3) is 0.214. The van der Waals surface area contributed by atoms with Gasteiger partial charge in [0, 0.05) is 6.07 Å². The molecule has 1 aromatic heterocycles. The van der Waals surface area contributed by atoms with E-state index in [0.29, 0.717) is 18.0 Å². The number of nitro groups is 1. The minimum atomic E-state index is -0.509. The summed E-state index contributed by atoms with van der Waals surface area (Å²) in [6.45, 7) is 0.348. The quantitative estimate of drug-likeness (QED) is 0.648. The molecule has 6 nitrogen and oxygen atoms in total. The Morgan fingerprint density at radius 1 is 1.38 bits per heavy atom. The summed E-state index contributed by atoms with van der Waals surface area (Å²) in [5, 5.41) is 22.8. The number of nitrogens with zero attached hydrogens (tertiary/aromatic N) is 2. The summed E-state index contributed by atoms with van der Waals surface area (Å²) in [5.41, 5.74) is 0.499. The van der Waals surface area contributed by atoms with Crippen LogP contribution >= 0.6 is 11.8 Å². The number of anilines is 1. The Hall–Kier alpha value is -2.46. The number of thioether (sulfide) groups is 1. The predicted molar refractivity (Wildman–Crippen MR) is 81.1 cm³/mol. The lowest BCUT2D eigenvalue weighted by Gasteiger charge is -2.05. The van der Waals surface area contributed by atoms with Crippen molar-refractivity contribution in [1.29, 1.82) is 5.26 Å². The van der Waals surface area contributed by atoms with Gasteiger partial charge in [0.15, 0.2) is 0 Å². The average molecular weight is 303 g/mol. The molecule has 2 aromatic rings. The van der Waals surface area contributed by atoms with Crippen LogP contribution in [0.5, 0.6) is 0 Å². The predicted octanol–water partition coefficient (Wildman–Crippen LogP) is 3.53. The molecule has 0 fully saturated rings. The molecular formula is C14H13N3O3S. The number of nitrogens with one attached hydrogen (secondary N) is 1. The number of furan rings is 1.